The van der Waals surface area contributed by atoms with Crippen molar-refractivity contribution in [3.63, 3.8) is 0 Å². The van der Waals surface area contributed by atoms with E-state index >= 15 is 0 Å². The number of nitrogens with zero attached hydrogens (tertiary/aromatic N) is 4. The molecule has 1 aliphatic heterocycles. The van der Waals surface area contributed by atoms with Crippen LogP contribution >= 0.6 is 0 Å². The van der Waals surface area contributed by atoms with Gasteiger partial charge < -0.3 is 23.9 Å². The van der Waals surface area contributed by atoms with Crippen LogP contribution in [0.5, 0.6) is 11.5 Å². The lowest BCUT2D eigenvalue weighted by atomic mass is 9.95. The van der Waals surface area contributed by atoms with Gasteiger partial charge in [-0.05, 0) is 74.1 Å². The molecule has 1 N–H and O–H groups in total. The molecular formula is C33H36N4O5. The Morgan fingerprint density at radius 3 is 2.57 bits per heavy atom. The van der Waals surface area contributed by atoms with Crippen molar-refractivity contribution in [3.05, 3.63) is 94.7 Å². The van der Waals surface area contributed by atoms with Crippen molar-refractivity contribution in [2.45, 2.75) is 53.6 Å². The molecule has 1 aromatic carbocycles. The van der Waals surface area contributed by atoms with Gasteiger partial charge in [0.15, 0.2) is 17.3 Å². The van der Waals surface area contributed by atoms with Gasteiger partial charge >= 0.3 is 0 Å². The number of hydrogen-bond donors (Lipinski definition) is 1. The smallest absolute Gasteiger partial charge is 0.295 e. The summed E-state index contributed by atoms with van der Waals surface area (Å²) in [4.78, 5) is 37.5. The lowest BCUT2D eigenvalue weighted by Gasteiger charge is -2.26. The van der Waals surface area contributed by atoms with Gasteiger partial charge in [-0.15, -0.1) is 0 Å². The van der Waals surface area contributed by atoms with Crippen LogP contribution in [0.2, 0.25) is 0 Å². The van der Waals surface area contributed by atoms with E-state index < -0.39 is 17.7 Å². The van der Waals surface area contributed by atoms with Crippen molar-refractivity contribution in [1.82, 2.24) is 19.3 Å². The molecule has 42 heavy (non-hydrogen) atoms. The largest absolute Gasteiger partial charge is 0.505 e. The summed E-state index contributed by atoms with van der Waals surface area (Å²) in [5, 5.41) is 11.7. The Morgan fingerprint density at radius 2 is 1.88 bits per heavy atom. The third kappa shape index (κ3) is 5.46. The van der Waals surface area contributed by atoms with E-state index in [0.717, 1.165) is 17.5 Å². The van der Waals surface area contributed by atoms with Crippen LogP contribution < -0.4 is 9.47 Å². The number of aromatic nitrogens is 3. The van der Waals surface area contributed by atoms with Crippen LogP contribution in [0.3, 0.4) is 0 Å². The number of imidazole rings is 1. The van der Waals surface area contributed by atoms with Crippen molar-refractivity contribution in [1.29, 1.82) is 0 Å². The molecule has 9 nitrogen and oxygen atoms in total. The van der Waals surface area contributed by atoms with Crippen molar-refractivity contribution in [2.24, 2.45) is 5.92 Å². The second-order valence-electron chi connectivity index (χ2n) is 10.9. The zero-order valence-corrected chi connectivity index (χ0v) is 24.6. The van der Waals surface area contributed by atoms with Crippen molar-refractivity contribution in [3.8, 4) is 11.5 Å². The fourth-order valence-electron chi connectivity index (χ4n) is 5.24. The van der Waals surface area contributed by atoms with Crippen LogP contribution in [0, 0.1) is 19.8 Å². The van der Waals surface area contributed by atoms with Crippen LogP contribution in [0.15, 0.2) is 66.6 Å². The Kier molecular flexibility index (Phi) is 8.29. The highest BCUT2D eigenvalue weighted by atomic mass is 16.5. The molecule has 5 rings (SSSR count). The normalized spacial score (nSPS) is 16.5. The number of pyridine rings is 2. The molecule has 1 saturated heterocycles. The lowest BCUT2D eigenvalue weighted by Crippen LogP contribution is -2.29. The van der Waals surface area contributed by atoms with E-state index in [1.807, 2.05) is 55.6 Å². The highest BCUT2D eigenvalue weighted by Gasteiger charge is 2.47. The highest BCUT2D eigenvalue weighted by molar-refractivity contribution is 6.46. The molecule has 1 unspecified atom stereocenters. The Bertz CT molecular complexity index is 1660. The number of ether oxygens (including phenoxy) is 2. The average molecular weight is 569 g/mol. The van der Waals surface area contributed by atoms with E-state index in [-0.39, 0.29) is 23.6 Å². The Morgan fingerprint density at radius 1 is 1.07 bits per heavy atom. The fraction of sp³-hybridized carbons (Fsp3) is 0.333. The Balaban J connectivity index is 1.66. The number of ketones is 1. The van der Waals surface area contributed by atoms with Crippen LogP contribution in [0.25, 0.3) is 11.4 Å². The first-order chi connectivity index (χ1) is 20.2. The number of aliphatic hydroxyl groups excluding tert-OH is 1. The number of benzene rings is 1. The van der Waals surface area contributed by atoms with E-state index in [2.05, 4.69) is 23.8 Å². The molecule has 4 heterocycles. The second kappa shape index (κ2) is 12.1. The number of fused-ring (bicyclic) bond motifs is 1. The van der Waals surface area contributed by atoms with E-state index in [9.17, 15) is 14.7 Å². The molecule has 218 valence electrons. The predicted octanol–water partition coefficient (Wildman–Crippen LogP) is 5.79. The maximum atomic E-state index is 13.7. The fourth-order valence-corrected chi connectivity index (χ4v) is 5.24. The highest BCUT2D eigenvalue weighted by Crippen LogP contribution is 2.43. The number of hydrogen-bond acceptors (Lipinski definition) is 7. The first-order valence-electron chi connectivity index (χ1n) is 14.2. The summed E-state index contributed by atoms with van der Waals surface area (Å²) in [7, 11) is 0. The number of carbonyl (C=O) groups excluding carboxylic acids is 2. The van der Waals surface area contributed by atoms with Crippen molar-refractivity contribution in [2.75, 3.05) is 13.2 Å². The standard InChI is InChI=1S/C33H36N4O5/c1-6-41-26-17-24(11-12-25(26)42-16-13-20(2)3)29-27(31(39)33(40)37(29)19-23-10-7-14-34-18-23)30(38)28-22(5)36-15-8-9-21(4)32(36)35-28/h7-12,14-15,17-18,20,29,38H,6,13,16,19H2,1-5H3. The van der Waals surface area contributed by atoms with Crippen LogP contribution in [-0.2, 0) is 16.1 Å². The van der Waals surface area contributed by atoms with Crippen molar-refractivity contribution < 1.29 is 24.2 Å². The molecule has 0 bridgehead atoms. The molecule has 1 amide bonds. The number of aryl methyl sites for hydroxylation is 2. The van der Waals surface area contributed by atoms with Gasteiger partial charge in [0.05, 0.1) is 30.5 Å². The molecular weight excluding hydrogens is 532 g/mol. The molecule has 4 aromatic rings. The van der Waals surface area contributed by atoms with Gasteiger partial charge in [0.2, 0.25) is 0 Å². The minimum absolute atomic E-state index is 0.0241. The zero-order valence-electron chi connectivity index (χ0n) is 24.6. The first kappa shape index (κ1) is 28.9. The average Bonchev–Trinajstić information content (AvgIpc) is 3.44. The van der Waals surface area contributed by atoms with Gasteiger partial charge in [-0.25, -0.2) is 4.98 Å². The summed E-state index contributed by atoms with van der Waals surface area (Å²) in [6.07, 6.45) is 6.04. The topological polar surface area (TPSA) is 106 Å². The third-order valence-corrected chi connectivity index (χ3v) is 7.46. The number of carbonyl (C=O) groups is 2. The molecule has 1 atom stereocenters. The van der Waals surface area contributed by atoms with Gasteiger partial charge in [0.25, 0.3) is 11.7 Å². The minimum atomic E-state index is -0.889. The maximum Gasteiger partial charge on any atom is 0.295 e. The van der Waals surface area contributed by atoms with Gasteiger partial charge in [0.1, 0.15) is 11.3 Å². The van der Waals surface area contributed by atoms with Gasteiger partial charge in [-0.3, -0.25) is 14.6 Å². The molecule has 0 saturated carbocycles. The Hall–Kier alpha value is -4.66. The lowest BCUT2D eigenvalue weighted by molar-refractivity contribution is -0.140. The van der Waals surface area contributed by atoms with Crippen LogP contribution in [0.1, 0.15) is 61.3 Å². The summed E-state index contributed by atoms with van der Waals surface area (Å²) >= 11 is 0. The van der Waals surface area contributed by atoms with E-state index in [0.29, 0.717) is 47.5 Å². The summed E-state index contributed by atoms with van der Waals surface area (Å²) < 4.78 is 13.8. The van der Waals surface area contributed by atoms with E-state index in [1.165, 1.54) is 4.90 Å². The third-order valence-electron chi connectivity index (χ3n) is 7.46. The summed E-state index contributed by atoms with van der Waals surface area (Å²) in [6, 6.07) is 12.0. The molecule has 0 radical (unpaired) electrons. The number of aliphatic hydroxyl groups is 1. The van der Waals surface area contributed by atoms with Gasteiger partial charge in [0, 0.05) is 25.1 Å². The summed E-state index contributed by atoms with van der Waals surface area (Å²) in [5.74, 6) is -0.229. The number of Topliss-reactive ketones (excluding diaryl/α,β-unsaturated/α-hetero) is 1. The minimum Gasteiger partial charge on any atom is -0.505 e. The summed E-state index contributed by atoms with van der Waals surface area (Å²) in [5.41, 5.74) is 3.84. The molecule has 1 fully saturated rings. The molecule has 0 aliphatic carbocycles. The number of likely N-dealkylation sites (tertiary alicyclic amines) is 1. The van der Waals surface area contributed by atoms with Crippen LogP contribution in [0.4, 0.5) is 0 Å². The SMILES string of the molecule is CCOc1cc(C2C(=C(O)c3nc4c(C)cccn4c3C)C(=O)C(=O)N2Cc2cccnc2)ccc1OCCC(C)C. The second-order valence-corrected chi connectivity index (χ2v) is 10.9. The number of amides is 1. The predicted molar refractivity (Wildman–Crippen MR) is 159 cm³/mol. The van der Waals surface area contributed by atoms with Gasteiger partial charge in [-0.1, -0.05) is 32.0 Å². The Labute approximate surface area is 245 Å². The number of rotatable bonds is 10. The first-order valence-corrected chi connectivity index (χ1v) is 14.2. The van der Waals surface area contributed by atoms with E-state index in [1.54, 1.807) is 30.6 Å². The monoisotopic (exact) mass is 568 g/mol. The van der Waals surface area contributed by atoms with Gasteiger partial charge in [-0.2, -0.15) is 0 Å². The summed E-state index contributed by atoms with van der Waals surface area (Å²) in [6.45, 7) is 11.0. The quantitative estimate of drug-likeness (QED) is 0.147. The van der Waals surface area contributed by atoms with Crippen LogP contribution in [-0.4, -0.2) is 49.3 Å². The molecule has 3 aromatic heterocycles. The molecule has 0 spiro atoms. The van der Waals surface area contributed by atoms with E-state index in [4.69, 9.17) is 9.47 Å². The zero-order chi connectivity index (χ0) is 30.0. The maximum absolute atomic E-state index is 13.7. The molecule has 1 aliphatic rings. The molecule has 9 heteroatoms. The van der Waals surface area contributed by atoms with Crippen molar-refractivity contribution >= 4 is 23.1 Å².